The summed E-state index contributed by atoms with van der Waals surface area (Å²) in [6.07, 6.45) is 3.96. The van der Waals surface area contributed by atoms with Crippen LogP contribution in [0.3, 0.4) is 0 Å². The van der Waals surface area contributed by atoms with Crippen molar-refractivity contribution in [2.75, 3.05) is 41.0 Å². The molecule has 1 saturated heterocycles. The molecule has 1 aliphatic heterocycles. The van der Waals surface area contributed by atoms with Crippen LogP contribution in [0.15, 0.2) is 12.1 Å². The number of nitrogens with zero attached hydrogens (tertiary/aromatic N) is 1. The molecule has 22 heavy (non-hydrogen) atoms. The monoisotopic (exact) mass is 309 g/mol. The third-order valence-electron chi connectivity index (χ3n) is 4.26. The van der Waals surface area contributed by atoms with E-state index in [4.69, 9.17) is 14.2 Å². The van der Waals surface area contributed by atoms with E-state index in [9.17, 15) is 5.11 Å². The number of benzene rings is 1. The highest BCUT2D eigenvalue weighted by Gasteiger charge is 2.21. The van der Waals surface area contributed by atoms with Crippen LogP contribution in [0.2, 0.25) is 0 Å². The molecule has 2 rings (SSSR count). The molecule has 1 aromatic carbocycles. The van der Waals surface area contributed by atoms with Crippen molar-refractivity contribution in [1.82, 2.24) is 4.90 Å². The lowest BCUT2D eigenvalue weighted by molar-refractivity contribution is 0.130. The summed E-state index contributed by atoms with van der Waals surface area (Å²) in [6, 6.07) is 3.65. The van der Waals surface area contributed by atoms with Crippen LogP contribution in [0.25, 0.3) is 0 Å². The number of methoxy groups -OCH3 is 3. The van der Waals surface area contributed by atoms with E-state index in [1.165, 1.54) is 19.3 Å². The summed E-state index contributed by atoms with van der Waals surface area (Å²) in [7, 11) is 4.74. The molecule has 1 heterocycles. The number of hydrogen-bond acceptors (Lipinski definition) is 5. The first kappa shape index (κ1) is 16.9. The van der Waals surface area contributed by atoms with Crippen LogP contribution in [0.5, 0.6) is 17.2 Å². The van der Waals surface area contributed by atoms with Gasteiger partial charge in [-0.25, -0.2) is 0 Å². The molecule has 0 saturated carbocycles. The van der Waals surface area contributed by atoms with Gasteiger partial charge in [-0.15, -0.1) is 0 Å². The minimum absolute atomic E-state index is 0.527. The van der Waals surface area contributed by atoms with Gasteiger partial charge in [0.2, 0.25) is 5.75 Å². The average Bonchev–Trinajstić information content (AvgIpc) is 2.58. The van der Waals surface area contributed by atoms with Crippen molar-refractivity contribution in [1.29, 1.82) is 0 Å². The second-order valence-corrected chi connectivity index (χ2v) is 5.63. The molecule has 0 aromatic heterocycles. The van der Waals surface area contributed by atoms with Crippen LogP contribution in [0, 0.1) is 0 Å². The van der Waals surface area contributed by atoms with Gasteiger partial charge in [0, 0.05) is 12.1 Å². The first-order chi connectivity index (χ1) is 10.7. The lowest BCUT2D eigenvalue weighted by atomic mass is 10.0. The second-order valence-electron chi connectivity index (χ2n) is 5.63. The zero-order valence-corrected chi connectivity index (χ0v) is 13.8. The standard InChI is InChI=1S/C17H27NO4/c1-20-15-8-7-13(16(21-2)17(15)22-3)14(19)9-12-18-10-5-4-6-11-18/h7-8,14,19H,4-6,9-12H2,1-3H3. The molecule has 1 N–H and O–H groups in total. The fourth-order valence-corrected chi connectivity index (χ4v) is 3.03. The maximum Gasteiger partial charge on any atom is 0.203 e. The van der Waals surface area contributed by atoms with E-state index in [2.05, 4.69) is 4.90 Å². The van der Waals surface area contributed by atoms with Crippen LogP contribution in [-0.4, -0.2) is 51.0 Å². The van der Waals surface area contributed by atoms with Gasteiger partial charge in [0.25, 0.3) is 0 Å². The third-order valence-corrected chi connectivity index (χ3v) is 4.26. The van der Waals surface area contributed by atoms with E-state index < -0.39 is 6.10 Å². The van der Waals surface area contributed by atoms with Crippen molar-refractivity contribution in [2.45, 2.75) is 31.8 Å². The van der Waals surface area contributed by atoms with Crippen LogP contribution in [0.1, 0.15) is 37.4 Å². The molecule has 5 heteroatoms. The Bertz CT molecular complexity index is 472. The van der Waals surface area contributed by atoms with E-state index in [1.54, 1.807) is 27.4 Å². The molecular weight excluding hydrogens is 282 g/mol. The Hall–Kier alpha value is -1.46. The summed E-state index contributed by atoms with van der Waals surface area (Å²) in [4.78, 5) is 2.42. The van der Waals surface area contributed by atoms with Gasteiger partial charge in [0.05, 0.1) is 27.4 Å². The molecule has 0 spiro atoms. The van der Waals surface area contributed by atoms with Gasteiger partial charge in [-0.2, -0.15) is 0 Å². The summed E-state index contributed by atoms with van der Waals surface area (Å²) in [6.45, 7) is 3.17. The number of likely N-dealkylation sites (tertiary alicyclic amines) is 1. The van der Waals surface area contributed by atoms with Crippen molar-refractivity contribution in [3.63, 3.8) is 0 Å². The van der Waals surface area contributed by atoms with Crippen molar-refractivity contribution in [3.05, 3.63) is 17.7 Å². The molecule has 0 bridgehead atoms. The summed E-state index contributed by atoms with van der Waals surface area (Å²) in [5.74, 6) is 1.68. The van der Waals surface area contributed by atoms with Gasteiger partial charge in [-0.1, -0.05) is 6.42 Å². The van der Waals surface area contributed by atoms with Gasteiger partial charge in [-0.05, 0) is 44.5 Å². The summed E-state index contributed by atoms with van der Waals surface area (Å²) < 4.78 is 16.1. The summed E-state index contributed by atoms with van der Waals surface area (Å²) >= 11 is 0. The van der Waals surface area contributed by atoms with Crippen LogP contribution in [0.4, 0.5) is 0 Å². The first-order valence-corrected chi connectivity index (χ1v) is 7.90. The lowest BCUT2D eigenvalue weighted by Gasteiger charge is -2.27. The molecule has 5 nitrogen and oxygen atoms in total. The number of ether oxygens (including phenoxy) is 3. The Labute approximate surface area is 132 Å². The number of hydrogen-bond donors (Lipinski definition) is 1. The predicted octanol–water partition coefficient (Wildman–Crippen LogP) is 2.62. The van der Waals surface area contributed by atoms with E-state index in [1.807, 2.05) is 6.07 Å². The zero-order valence-electron chi connectivity index (χ0n) is 13.8. The Kier molecular flexibility index (Phi) is 6.34. The fraction of sp³-hybridized carbons (Fsp3) is 0.647. The molecule has 124 valence electrons. The minimum Gasteiger partial charge on any atom is -0.493 e. The normalized spacial score (nSPS) is 17.1. The van der Waals surface area contributed by atoms with Crippen molar-refractivity contribution in [3.8, 4) is 17.2 Å². The van der Waals surface area contributed by atoms with Crippen molar-refractivity contribution >= 4 is 0 Å². The molecule has 1 unspecified atom stereocenters. The number of piperidine rings is 1. The van der Waals surface area contributed by atoms with Gasteiger partial charge in [0.1, 0.15) is 0 Å². The van der Waals surface area contributed by atoms with E-state index in [0.717, 1.165) is 25.2 Å². The molecule has 1 fully saturated rings. The quantitative estimate of drug-likeness (QED) is 0.839. The fourth-order valence-electron chi connectivity index (χ4n) is 3.03. The minimum atomic E-state index is -0.573. The lowest BCUT2D eigenvalue weighted by Crippen LogP contribution is -2.31. The third kappa shape index (κ3) is 3.84. The van der Waals surface area contributed by atoms with Crippen LogP contribution in [-0.2, 0) is 0 Å². The average molecular weight is 309 g/mol. The Morgan fingerprint density at radius 1 is 1.00 bits per heavy atom. The smallest absolute Gasteiger partial charge is 0.203 e. The molecule has 1 aromatic rings. The number of rotatable bonds is 7. The summed E-state index contributed by atoms with van der Waals surface area (Å²) in [5, 5.41) is 10.5. The Morgan fingerprint density at radius 3 is 2.27 bits per heavy atom. The molecular formula is C17H27NO4. The summed E-state index contributed by atoms with van der Waals surface area (Å²) in [5.41, 5.74) is 0.747. The topological polar surface area (TPSA) is 51.2 Å². The molecule has 1 atom stereocenters. The van der Waals surface area contributed by atoms with Gasteiger partial charge >= 0.3 is 0 Å². The predicted molar refractivity (Wildman–Crippen MR) is 86.0 cm³/mol. The Balaban J connectivity index is 2.09. The molecule has 1 aliphatic rings. The van der Waals surface area contributed by atoms with Gasteiger partial charge in [0.15, 0.2) is 11.5 Å². The van der Waals surface area contributed by atoms with Gasteiger partial charge < -0.3 is 24.2 Å². The molecule has 0 radical (unpaired) electrons. The Morgan fingerprint density at radius 2 is 1.68 bits per heavy atom. The maximum absolute atomic E-state index is 10.5. The SMILES string of the molecule is COc1ccc(C(O)CCN2CCCCC2)c(OC)c1OC. The maximum atomic E-state index is 10.5. The van der Waals surface area contributed by atoms with Gasteiger partial charge in [-0.3, -0.25) is 0 Å². The number of aliphatic hydroxyl groups is 1. The second kappa shape index (κ2) is 8.25. The van der Waals surface area contributed by atoms with Crippen molar-refractivity contribution in [2.24, 2.45) is 0 Å². The largest absolute Gasteiger partial charge is 0.493 e. The highest BCUT2D eigenvalue weighted by Crippen LogP contribution is 2.42. The van der Waals surface area contributed by atoms with E-state index in [0.29, 0.717) is 23.7 Å². The molecule has 0 amide bonds. The van der Waals surface area contributed by atoms with E-state index >= 15 is 0 Å². The van der Waals surface area contributed by atoms with Crippen LogP contribution >= 0.6 is 0 Å². The van der Waals surface area contributed by atoms with Crippen molar-refractivity contribution < 1.29 is 19.3 Å². The first-order valence-electron chi connectivity index (χ1n) is 7.90. The van der Waals surface area contributed by atoms with E-state index in [-0.39, 0.29) is 0 Å². The van der Waals surface area contributed by atoms with Crippen LogP contribution < -0.4 is 14.2 Å². The zero-order chi connectivity index (χ0) is 15.9. The molecule has 0 aliphatic carbocycles. The highest BCUT2D eigenvalue weighted by atomic mass is 16.5. The number of aliphatic hydroxyl groups excluding tert-OH is 1. The highest BCUT2D eigenvalue weighted by molar-refractivity contribution is 5.56.